The van der Waals surface area contributed by atoms with E-state index in [1.165, 1.54) is 29.2 Å². The number of non-ortho nitro benzene ring substituents is 1. The maximum atomic E-state index is 12.6. The number of carbonyl (C=O) groups excluding carboxylic acids is 1. The number of oxazole rings is 1. The van der Waals surface area contributed by atoms with Crippen LogP contribution in [-0.4, -0.2) is 15.4 Å². The topological polar surface area (TPSA) is 107 Å². The van der Waals surface area contributed by atoms with E-state index in [1.54, 1.807) is 0 Å². The smallest absolute Gasteiger partial charge is 0.407 e. The van der Waals surface area contributed by atoms with Crippen LogP contribution in [0.5, 0.6) is 0 Å². The maximum absolute atomic E-state index is 12.6. The van der Waals surface area contributed by atoms with Gasteiger partial charge in [0.25, 0.3) is 5.69 Å². The van der Waals surface area contributed by atoms with Gasteiger partial charge < -0.3 is 9.73 Å². The summed E-state index contributed by atoms with van der Waals surface area (Å²) in [5, 5.41) is 14.7. The van der Waals surface area contributed by atoms with E-state index in [-0.39, 0.29) is 36.2 Å². The minimum absolute atomic E-state index is 0.0449. The number of nitro benzene ring substituents is 1. The summed E-state index contributed by atoms with van der Waals surface area (Å²) in [6.45, 7) is 0.284. The van der Waals surface area contributed by atoms with Crippen molar-refractivity contribution in [2.24, 2.45) is 5.92 Å². The number of hydrogen-bond acceptors (Lipinski definition) is 5. The molecule has 1 atom stereocenters. The first-order chi connectivity index (χ1) is 14.9. The number of halogens is 1. The van der Waals surface area contributed by atoms with Crippen molar-refractivity contribution < 1.29 is 14.1 Å². The average Bonchev–Trinajstić information content (AvgIpc) is 3.01. The third-order valence-electron chi connectivity index (χ3n) is 5.82. The standard InChI is InChI=1S/C22H22ClN3O5/c23-16-8-6-15(7-9-16)21(14-3-1-4-14)24-20(27)5-2-12-25-18-11-10-17(26(29)30)13-19(18)31-22(25)28/h6-11,13-14,21H,1-5,12H2,(H,24,27). The van der Waals surface area contributed by atoms with Crippen LogP contribution in [-0.2, 0) is 11.3 Å². The fourth-order valence-corrected chi connectivity index (χ4v) is 4.07. The highest BCUT2D eigenvalue weighted by Gasteiger charge is 2.29. The summed E-state index contributed by atoms with van der Waals surface area (Å²) < 4.78 is 6.52. The Kier molecular flexibility index (Phi) is 6.08. The number of nitrogens with zero attached hydrogens (tertiary/aromatic N) is 2. The molecule has 1 fully saturated rings. The number of rotatable bonds is 8. The molecule has 0 saturated heterocycles. The van der Waals surface area contributed by atoms with Crippen molar-refractivity contribution in [2.45, 2.75) is 44.7 Å². The van der Waals surface area contributed by atoms with Crippen LogP contribution in [0.3, 0.4) is 0 Å². The van der Waals surface area contributed by atoms with Crippen LogP contribution >= 0.6 is 11.6 Å². The average molecular weight is 444 g/mol. The first kappa shape index (κ1) is 21.1. The zero-order valence-corrected chi connectivity index (χ0v) is 17.5. The molecule has 0 bridgehead atoms. The summed E-state index contributed by atoms with van der Waals surface area (Å²) >= 11 is 5.99. The lowest BCUT2D eigenvalue weighted by molar-refractivity contribution is -0.384. The Morgan fingerprint density at radius 1 is 1.26 bits per heavy atom. The van der Waals surface area contributed by atoms with Gasteiger partial charge in [-0.15, -0.1) is 0 Å². The largest absolute Gasteiger partial charge is 0.419 e. The van der Waals surface area contributed by atoms with E-state index in [1.807, 2.05) is 24.3 Å². The number of amides is 1. The van der Waals surface area contributed by atoms with E-state index in [4.69, 9.17) is 16.0 Å². The SMILES string of the molecule is O=C(CCCn1c(=O)oc2cc([N+](=O)[O-])ccc21)NC(c1ccc(Cl)cc1)C1CCC1. The zero-order valence-electron chi connectivity index (χ0n) is 16.8. The molecular weight excluding hydrogens is 422 g/mol. The highest BCUT2D eigenvalue weighted by Crippen LogP contribution is 2.38. The number of benzene rings is 2. The van der Waals surface area contributed by atoms with Gasteiger partial charge >= 0.3 is 5.76 Å². The van der Waals surface area contributed by atoms with Crippen LogP contribution in [0.1, 0.15) is 43.7 Å². The number of nitrogens with one attached hydrogen (secondary N) is 1. The predicted molar refractivity (Wildman–Crippen MR) is 116 cm³/mol. The Balaban J connectivity index is 1.39. The van der Waals surface area contributed by atoms with Gasteiger partial charge in [-0.2, -0.15) is 0 Å². The van der Waals surface area contributed by atoms with Crippen LogP contribution in [0.4, 0.5) is 5.69 Å². The monoisotopic (exact) mass is 443 g/mol. The normalized spacial score (nSPS) is 14.9. The minimum Gasteiger partial charge on any atom is -0.407 e. The third kappa shape index (κ3) is 4.64. The van der Waals surface area contributed by atoms with E-state index in [0.29, 0.717) is 22.9 Å². The molecule has 9 heteroatoms. The Morgan fingerprint density at radius 3 is 2.65 bits per heavy atom. The quantitative estimate of drug-likeness (QED) is 0.404. The maximum Gasteiger partial charge on any atom is 0.419 e. The van der Waals surface area contributed by atoms with Crippen LogP contribution in [0, 0.1) is 16.0 Å². The number of nitro groups is 1. The number of aromatic nitrogens is 1. The summed E-state index contributed by atoms with van der Waals surface area (Å²) in [7, 11) is 0. The molecule has 2 aromatic carbocycles. The second-order valence-electron chi connectivity index (χ2n) is 7.82. The van der Waals surface area contributed by atoms with Crippen molar-refractivity contribution in [3.8, 4) is 0 Å². The molecule has 0 spiro atoms. The van der Waals surface area contributed by atoms with Crippen molar-refractivity contribution in [2.75, 3.05) is 0 Å². The lowest BCUT2D eigenvalue weighted by atomic mass is 9.77. The molecule has 0 aliphatic heterocycles. The van der Waals surface area contributed by atoms with E-state index >= 15 is 0 Å². The van der Waals surface area contributed by atoms with E-state index in [0.717, 1.165) is 18.4 Å². The molecule has 1 aromatic heterocycles. The molecular formula is C22H22ClN3O5. The zero-order chi connectivity index (χ0) is 22.0. The second kappa shape index (κ2) is 8.93. The molecule has 0 radical (unpaired) electrons. The van der Waals surface area contributed by atoms with Crippen molar-refractivity contribution in [1.29, 1.82) is 0 Å². The Morgan fingerprint density at radius 2 is 2.00 bits per heavy atom. The first-order valence-corrected chi connectivity index (χ1v) is 10.6. The predicted octanol–water partition coefficient (Wildman–Crippen LogP) is 4.59. The molecule has 1 aliphatic rings. The van der Waals surface area contributed by atoms with Gasteiger partial charge in [0.15, 0.2) is 5.58 Å². The summed E-state index contributed by atoms with van der Waals surface area (Å²) in [4.78, 5) is 35.1. The molecule has 8 nitrogen and oxygen atoms in total. The van der Waals surface area contributed by atoms with Gasteiger partial charge in [-0.1, -0.05) is 30.2 Å². The minimum atomic E-state index is -0.593. The number of aryl methyl sites for hydroxylation is 1. The molecule has 1 aliphatic carbocycles. The van der Waals surface area contributed by atoms with Crippen LogP contribution in [0.2, 0.25) is 5.02 Å². The Hall–Kier alpha value is -3.13. The number of hydrogen-bond donors (Lipinski definition) is 1. The van der Waals surface area contributed by atoms with Gasteiger partial charge in [-0.05, 0) is 48.9 Å². The fourth-order valence-electron chi connectivity index (χ4n) is 3.94. The fraction of sp³-hybridized carbons (Fsp3) is 0.364. The molecule has 1 heterocycles. The van der Waals surface area contributed by atoms with Crippen molar-refractivity contribution >= 4 is 34.3 Å². The molecule has 3 aromatic rings. The van der Waals surface area contributed by atoms with E-state index < -0.39 is 10.7 Å². The third-order valence-corrected chi connectivity index (χ3v) is 6.07. The van der Waals surface area contributed by atoms with Crippen molar-refractivity contribution in [3.05, 3.63) is 73.7 Å². The first-order valence-electron chi connectivity index (χ1n) is 10.2. The van der Waals surface area contributed by atoms with Gasteiger partial charge in [-0.3, -0.25) is 19.5 Å². The van der Waals surface area contributed by atoms with Crippen LogP contribution < -0.4 is 11.1 Å². The molecule has 1 N–H and O–H groups in total. The Labute approximate surface area is 183 Å². The lowest BCUT2D eigenvalue weighted by Gasteiger charge is -2.34. The summed E-state index contributed by atoms with van der Waals surface area (Å²) in [6.07, 6.45) is 4.02. The lowest BCUT2D eigenvalue weighted by Crippen LogP contribution is -2.36. The molecule has 1 unspecified atom stereocenters. The molecule has 1 saturated carbocycles. The Bertz CT molecular complexity index is 1160. The highest BCUT2D eigenvalue weighted by molar-refractivity contribution is 6.30. The summed E-state index contributed by atoms with van der Waals surface area (Å²) in [5.74, 6) is -0.255. The summed E-state index contributed by atoms with van der Waals surface area (Å²) in [6, 6.07) is 11.6. The van der Waals surface area contributed by atoms with Crippen molar-refractivity contribution in [3.63, 3.8) is 0 Å². The van der Waals surface area contributed by atoms with Gasteiger partial charge in [0.05, 0.1) is 22.5 Å². The summed E-state index contributed by atoms with van der Waals surface area (Å²) in [5.41, 5.74) is 1.54. The van der Waals surface area contributed by atoms with E-state index in [9.17, 15) is 19.7 Å². The molecule has 31 heavy (non-hydrogen) atoms. The number of carbonyl (C=O) groups is 1. The van der Waals surface area contributed by atoms with Gasteiger partial charge in [0.1, 0.15) is 0 Å². The second-order valence-corrected chi connectivity index (χ2v) is 8.26. The molecule has 4 rings (SSSR count). The van der Waals surface area contributed by atoms with Gasteiger partial charge in [0.2, 0.25) is 5.91 Å². The molecule has 162 valence electrons. The van der Waals surface area contributed by atoms with Crippen molar-refractivity contribution in [1.82, 2.24) is 9.88 Å². The van der Waals surface area contributed by atoms with Crippen LogP contribution in [0.25, 0.3) is 11.1 Å². The number of fused-ring (bicyclic) bond motifs is 1. The highest BCUT2D eigenvalue weighted by atomic mass is 35.5. The molecule has 1 amide bonds. The van der Waals surface area contributed by atoms with Gasteiger partial charge in [-0.25, -0.2) is 4.79 Å². The van der Waals surface area contributed by atoms with Crippen LogP contribution in [0.15, 0.2) is 51.7 Å². The van der Waals surface area contributed by atoms with E-state index in [2.05, 4.69) is 5.32 Å². The van der Waals surface area contributed by atoms with Gasteiger partial charge in [0, 0.05) is 24.1 Å².